The van der Waals surface area contributed by atoms with Crippen molar-refractivity contribution in [1.82, 2.24) is 5.32 Å². The smallest absolute Gasteiger partial charge is 0.304 e. The van der Waals surface area contributed by atoms with Crippen molar-refractivity contribution >= 4 is 5.97 Å². The maximum absolute atomic E-state index is 10.3. The minimum atomic E-state index is -0.805. The van der Waals surface area contributed by atoms with Gasteiger partial charge in [-0.05, 0) is 26.2 Å². The lowest BCUT2D eigenvalue weighted by Gasteiger charge is -2.37. The van der Waals surface area contributed by atoms with Gasteiger partial charge in [0.1, 0.15) is 0 Å². The van der Waals surface area contributed by atoms with Crippen LogP contribution < -0.4 is 5.32 Å². The van der Waals surface area contributed by atoms with Crippen LogP contribution in [0.2, 0.25) is 0 Å². The van der Waals surface area contributed by atoms with E-state index in [-0.39, 0.29) is 12.5 Å². The normalized spacial score (nSPS) is 22.0. The summed E-state index contributed by atoms with van der Waals surface area (Å²) in [6, 6.07) is -0.0675. The SMILES string of the molecule is CC(CC(=O)O)NCC1(O)CCC1. The molecule has 13 heavy (non-hydrogen) atoms. The summed E-state index contributed by atoms with van der Waals surface area (Å²) in [5.41, 5.74) is -0.563. The Balaban J connectivity index is 2.14. The average molecular weight is 187 g/mol. The first-order valence-corrected chi connectivity index (χ1v) is 4.69. The first-order valence-electron chi connectivity index (χ1n) is 4.69. The number of carboxylic acids is 1. The van der Waals surface area contributed by atoms with Crippen LogP contribution in [0.15, 0.2) is 0 Å². The summed E-state index contributed by atoms with van der Waals surface area (Å²) >= 11 is 0. The van der Waals surface area contributed by atoms with Gasteiger partial charge in [0.15, 0.2) is 0 Å². The molecule has 1 fully saturated rings. The maximum atomic E-state index is 10.3. The second-order valence-electron chi connectivity index (χ2n) is 3.96. The molecule has 0 bridgehead atoms. The highest BCUT2D eigenvalue weighted by Gasteiger charge is 2.34. The van der Waals surface area contributed by atoms with Crippen molar-refractivity contribution in [1.29, 1.82) is 0 Å². The van der Waals surface area contributed by atoms with Gasteiger partial charge in [-0.2, -0.15) is 0 Å². The lowest BCUT2D eigenvalue weighted by atomic mass is 9.80. The molecular formula is C9H17NO3. The van der Waals surface area contributed by atoms with Gasteiger partial charge >= 0.3 is 5.97 Å². The van der Waals surface area contributed by atoms with E-state index in [1.165, 1.54) is 0 Å². The van der Waals surface area contributed by atoms with E-state index in [0.717, 1.165) is 19.3 Å². The van der Waals surface area contributed by atoms with E-state index in [2.05, 4.69) is 5.32 Å². The van der Waals surface area contributed by atoms with Crippen LogP contribution >= 0.6 is 0 Å². The average Bonchev–Trinajstić information content (AvgIpc) is 1.96. The number of aliphatic carboxylic acids is 1. The fraction of sp³-hybridized carbons (Fsp3) is 0.889. The first kappa shape index (κ1) is 10.5. The molecule has 0 heterocycles. The molecule has 3 N–H and O–H groups in total. The molecular weight excluding hydrogens is 170 g/mol. The first-order chi connectivity index (χ1) is 6.02. The van der Waals surface area contributed by atoms with E-state index in [0.29, 0.717) is 6.54 Å². The van der Waals surface area contributed by atoms with Crippen molar-refractivity contribution in [3.05, 3.63) is 0 Å². The van der Waals surface area contributed by atoms with Crippen molar-refractivity contribution in [2.24, 2.45) is 0 Å². The minimum Gasteiger partial charge on any atom is -0.481 e. The van der Waals surface area contributed by atoms with Gasteiger partial charge < -0.3 is 15.5 Å². The molecule has 4 nitrogen and oxygen atoms in total. The largest absolute Gasteiger partial charge is 0.481 e. The second kappa shape index (κ2) is 4.07. The summed E-state index contributed by atoms with van der Waals surface area (Å²) in [7, 11) is 0. The number of hydrogen-bond acceptors (Lipinski definition) is 3. The number of carboxylic acid groups (broad SMARTS) is 1. The zero-order valence-electron chi connectivity index (χ0n) is 7.92. The van der Waals surface area contributed by atoms with Crippen molar-refractivity contribution in [3.8, 4) is 0 Å². The molecule has 1 aliphatic rings. The monoisotopic (exact) mass is 187 g/mol. The molecule has 4 heteroatoms. The highest BCUT2D eigenvalue weighted by Crippen LogP contribution is 2.30. The number of carbonyl (C=O) groups is 1. The second-order valence-corrected chi connectivity index (χ2v) is 3.96. The van der Waals surface area contributed by atoms with Crippen LogP contribution in [0, 0.1) is 0 Å². The standard InChI is InChI=1S/C9H17NO3/c1-7(5-8(11)12)10-6-9(13)3-2-4-9/h7,10,13H,2-6H2,1H3,(H,11,12). The molecule has 1 unspecified atom stereocenters. The van der Waals surface area contributed by atoms with E-state index in [1.807, 2.05) is 6.92 Å². The van der Waals surface area contributed by atoms with Crippen molar-refractivity contribution < 1.29 is 15.0 Å². The molecule has 0 amide bonds. The summed E-state index contributed by atoms with van der Waals surface area (Å²) < 4.78 is 0. The Morgan fingerprint density at radius 1 is 1.62 bits per heavy atom. The molecule has 0 radical (unpaired) electrons. The topological polar surface area (TPSA) is 69.6 Å². The zero-order valence-corrected chi connectivity index (χ0v) is 7.92. The van der Waals surface area contributed by atoms with Crippen LogP contribution in [0.4, 0.5) is 0 Å². The van der Waals surface area contributed by atoms with Crippen LogP contribution in [-0.4, -0.2) is 34.4 Å². The summed E-state index contributed by atoms with van der Waals surface area (Å²) in [6.45, 7) is 2.33. The van der Waals surface area contributed by atoms with Crippen LogP contribution in [0.25, 0.3) is 0 Å². The van der Waals surface area contributed by atoms with Gasteiger partial charge in [0.05, 0.1) is 12.0 Å². The molecule has 0 aromatic rings. The van der Waals surface area contributed by atoms with Gasteiger partial charge in [-0.3, -0.25) is 4.79 Å². The fourth-order valence-corrected chi connectivity index (χ4v) is 1.46. The third-order valence-corrected chi connectivity index (χ3v) is 2.54. The molecule has 0 aromatic carbocycles. The van der Waals surface area contributed by atoms with Crippen molar-refractivity contribution in [2.45, 2.75) is 44.2 Å². The Kier molecular flexibility index (Phi) is 3.27. The van der Waals surface area contributed by atoms with Crippen LogP contribution in [0.5, 0.6) is 0 Å². The molecule has 1 saturated carbocycles. The predicted octanol–water partition coefficient (Wildman–Crippen LogP) is 0.354. The quantitative estimate of drug-likeness (QED) is 0.581. The zero-order chi connectivity index (χ0) is 9.90. The molecule has 0 spiro atoms. The van der Waals surface area contributed by atoms with Gasteiger partial charge in [-0.15, -0.1) is 0 Å². The third kappa shape index (κ3) is 3.32. The van der Waals surface area contributed by atoms with Crippen LogP contribution in [0.3, 0.4) is 0 Å². The summed E-state index contributed by atoms with van der Waals surface area (Å²) in [4.78, 5) is 10.3. The minimum absolute atomic E-state index is 0.0675. The molecule has 0 aromatic heterocycles. The Morgan fingerprint density at radius 2 is 2.23 bits per heavy atom. The van der Waals surface area contributed by atoms with Gasteiger partial charge in [-0.1, -0.05) is 0 Å². The maximum Gasteiger partial charge on any atom is 0.304 e. The number of rotatable bonds is 5. The number of nitrogens with one attached hydrogen (secondary N) is 1. The predicted molar refractivity (Wildman–Crippen MR) is 48.5 cm³/mol. The Hall–Kier alpha value is -0.610. The molecule has 1 atom stereocenters. The van der Waals surface area contributed by atoms with E-state index < -0.39 is 11.6 Å². The molecule has 1 rings (SSSR count). The van der Waals surface area contributed by atoms with E-state index in [1.54, 1.807) is 0 Å². The number of aliphatic hydroxyl groups is 1. The fourth-order valence-electron chi connectivity index (χ4n) is 1.46. The summed E-state index contributed by atoms with van der Waals surface area (Å²) in [5.74, 6) is -0.805. The van der Waals surface area contributed by atoms with Crippen LogP contribution in [0.1, 0.15) is 32.6 Å². The molecule has 1 aliphatic carbocycles. The third-order valence-electron chi connectivity index (χ3n) is 2.54. The number of hydrogen-bond donors (Lipinski definition) is 3. The van der Waals surface area contributed by atoms with Gasteiger partial charge in [0.25, 0.3) is 0 Å². The Labute approximate surface area is 78.0 Å². The van der Waals surface area contributed by atoms with Crippen molar-refractivity contribution in [2.75, 3.05) is 6.54 Å². The van der Waals surface area contributed by atoms with Gasteiger partial charge in [0.2, 0.25) is 0 Å². The summed E-state index contributed by atoms with van der Waals surface area (Å²) in [6.07, 6.45) is 2.85. The van der Waals surface area contributed by atoms with E-state index in [9.17, 15) is 9.90 Å². The lowest BCUT2D eigenvalue weighted by Crippen LogP contribution is -2.48. The van der Waals surface area contributed by atoms with E-state index >= 15 is 0 Å². The highest BCUT2D eigenvalue weighted by atomic mass is 16.4. The highest BCUT2D eigenvalue weighted by molar-refractivity contribution is 5.67. The van der Waals surface area contributed by atoms with E-state index in [4.69, 9.17) is 5.11 Å². The summed E-state index contributed by atoms with van der Waals surface area (Å²) in [5, 5.41) is 21.2. The van der Waals surface area contributed by atoms with Crippen molar-refractivity contribution in [3.63, 3.8) is 0 Å². The van der Waals surface area contributed by atoms with Gasteiger partial charge in [-0.25, -0.2) is 0 Å². The van der Waals surface area contributed by atoms with Gasteiger partial charge in [0, 0.05) is 12.6 Å². The molecule has 0 aliphatic heterocycles. The Bertz CT molecular complexity index is 189. The lowest BCUT2D eigenvalue weighted by molar-refractivity contribution is -0.137. The molecule has 0 saturated heterocycles. The molecule has 76 valence electrons. The Morgan fingerprint density at radius 3 is 2.62 bits per heavy atom. The van der Waals surface area contributed by atoms with Crippen LogP contribution in [-0.2, 0) is 4.79 Å².